The molecule has 0 radical (unpaired) electrons. The number of rotatable bonds is 4. The van der Waals surface area contributed by atoms with Gasteiger partial charge in [0.15, 0.2) is 0 Å². The number of carbonyl (C=O) groups excluding carboxylic acids is 1. The van der Waals surface area contributed by atoms with Gasteiger partial charge in [-0.3, -0.25) is 9.63 Å². The van der Waals surface area contributed by atoms with Crippen LogP contribution in [0.4, 0.5) is 4.39 Å². The van der Waals surface area contributed by atoms with Crippen molar-refractivity contribution in [2.45, 2.75) is 6.42 Å². The molecule has 1 fully saturated rings. The van der Waals surface area contributed by atoms with E-state index < -0.39 is 11.7 Å². The third kappa shape index (κ3) is 3.25. The molecule has 1 aromatic carbocycles. The molecule has 5 heteroatoms. The second kappa shape index (κ2) is 5.75. The van der Waals surface area contributed by atoms with Gasteiger partial charge in [0, 0.05) is 6.54 Å². The van der Waals surface area contributed by atoms with Crippen LogP contribution < -0.4 is 10.8 Å². The van der Waals surface area contributed by atoms with Crippen LogP contribution in [0.15, 0.2) is 24.3 Å². The Labute approximate surface area is 99.1 Å². The Balaban J connectivity index is 1.79. The number of hydrogen-bond acceptors (Lipinski definition) is 3. The molecule has 17 heavy (non-hydrogen) atoms. The van der Waals surface area contributed by atoms with E-state index >= 15 is 0 Å². The summed E-state index contributed by atoms with van der Waals surface area (Å²) < 4.78 is 13.2. The molecule has 1 aromatic rings. The van der Waals surface area contributed by atoms with Gasteiger partial charge < -0.3 is 5.32 Å². The predicted octanol–water partition coefficient (Wildman–Crippen LogP) is 1.10. The molecule has 0 bridgehead atoms. The first-order valence-corrected chi connectivity index (χ1v) is 5.65. The summed E-state index contributed by atoms with van der Waals surface area (Å²) in [7, 11) is 0. The van der Waals surface area contributed by atoms with Crippen molar-refractivity contribution in [3.8, 4) is 0 Å². The fourth-order valence-corrected chi connectivity index (χ4v) is 1.78. The Hall–Kier alpha value is -1.46. The topological polar surface area (TPSA) is 50.4 Å². The lowest BCUT2D eigenvalue weighted by atomic mass is 10.1. The van der Waals surface area contributed by atoms with E-state index in [0.29, 0.717) is 12.5 Å². The molecular formula is C12H15FN2O2. The summed E-state index contributed by atoms with van der Waals surface area (Å²) in [5.41, 5.74) is 2.26. The molecule has 92 valence electrons. The maximum Gasteiger partial charge on any atom is 0.277 e. The van der Waals surface area contributed by atoms with Crippen molar-refractivity contribution in [3.63, 3.8) is 0 Å². The van der Waals surface area contributed by atoms with Crippen LogP contribution in [-0.4, -0.2) is 25.6 Å². The minimum atomic E-state index is -0.547. The van der Waals surface area contributed by atoms with Crippen LogP contribution in [-0.2, 0) is 4.84 Å². The lowest BCUT2D eigenvalue weighted by molar-refractivity contribution is 0.0185. The third-order valence-electron chi connectivity index (χ3n) is 2.76. The number of halogens is 1. The van der Waals surface area contributed by atoms with Gasteiger partial charge in [0.1, 0.15) is 5.82 Å². The van der Waals surface area contributed by atoms with Crippen LogP contribution in [0.25, 0.3) is 0 Å². The SMILES string of the molecule is O=C(NOCC1CCNC1)c1ccccc1F. The average molecular weight is 238 g/mol. The van der Waals surface area contributed by atoms with Gasteiger partial charge in [-0.2, -0.15) is 0 Å². The lowest BCUT2D eigenvalue weighted by Crippen LogP contribution is -2.27. The zero-order valence-electron chi connectivity index (χ0n) is 9.41. The van der Waals surface area contributed by atoms with Gasteiger partial charge in [0.2, 0.25) is 0 Å². The highest BCUT2D eigenvalue weighted by molar-refractivity contribution is 5.93. The van der Waals surface area contributed by atoms with Crippen LogP contribution >= 0.6 is 0 Å². The number of carbonyl (C=O) groups is 1. The van der Waals surface area contributed by atoms with E-state index in [2.05, 4.69) is 10.8 Å². The van der Waals surface area contributed by atoms with Gasteiger partial charge in [-0.15, -0.1) is 0 Å². The van der Waals surface area contributed by atoms with Crippen molar-refractivity contribution >= 4 is 5.91 Å². The summed E-state index contributed by atoms with van der Waals surface area (Å²) in [5.74, 6) is -0.680. The van der Waals surface area contributed by atoms with E-state index in [1.54, 1.807) is 6.07 Å². The van der Waals surface area contributed by atoms with Crippen LogP contribution in [0, 0.1) is 11.7 Å². The summed E-state index contributed by atoms with van der Waals surface area (Å²) >= 11 is 0. The molecule has 0 saturated carbocycles. The van der Waals surface area contributed by atoms with Crippen LogP contribution in [0.2, 0.25) is 0 Å². The van der Waals surface area contributed by atoms with E-state index in [9.17, 15) is 9.18 Å². The summed E-state index contributed by atoms with van der Waals surface area (Å²) in [6.07, 6.45) is 1.04. The minimum Gasteiger partial charge on any atom is -0.316 e. The Bertz CT molecular complexity index is 392. The number of hydrogen-bond donors (Lipinski definition) is 2. The van der Waals surface area contributed by atoms with Gasteiger partial charge >= 0.3 is 0 Å². The molecule has 2 rings (SSSR count). The van der Waals surface area contributed by atoms with E-state index in [1.807, 2.05) is 0 Å². The van der Waals surface area contributed by atoms with E-state index in [0.717, 1.165) is 19.5 Å². The Kier molecular flexibility index (Phi) is 4.06. The molecule has 1 aliphatic heterocycles. The molecular weight excluding hydrogens is 223 g/mol. The van der Waals surface area contributed by atoms with Gasteiger partial charge in [0.25, 0.3) is 5.91 Å². The lowest BCUT2D eigenvalue weighted by Gasteiger charge is -2.10. The first-order valence-electron chi connectivity index (χ1n) is 5.65. The van der Waals surface area contributed by atoms with E-state index in [1.165, 1.54) is 18.2 Å². The first-order chi connectivity index (χ1) is 8.27. The second-order valence-corrected chi connectivity index (χ2v) is 4.08. The maximum atomic E-state index is 13.2. The molecule has 0 aliphatic carbocycles. The highest BCUT2D eigenvalue weighted by atomic mass is 19.1. The standard InChI is InChI=1S/C12H15FN2O2/c13-11-4-2-1-3-10(11)12(16)15-17-8-9-5-6-14-7-9/h1-4,9,14H,5-8H2,(H,15,16). The largest absolute Gasteiger partial charge is 0.316 e. The molecule has 1 saturated heterocycles. The first kappa shape index (κ1) is 12.0. The van der Waals surface area contributed by atoms with Crippen molar-refractivity contribution in [1.29, 1.82) is 0 Å². The fraction of sp³-hybridized carbons (Fsp3) is 0.417. The van der Waals surface area contributed by atoms with Gasteiger partial charge in [-0.25, -0.2) is 9.87 Å². The Morgan fingerprint density at radius 3 is 3.06 bits per heavy atom. The zero-order chi connectivity index (χ0) is 12.1. The smallest absolute Gasteiger partial charge is 0.277 e. The molecule has 1 aliphatic rings. The zero-order valence-corrected chi connectivity index (χ0v) is 9.41. The van der Waals surface area contributed by atoms with Crippen LogP contribution in [0.1, 0.15) is 16.8 Å². The monoisotopic (exact) mass is 238 g/mol. The number of nitrogens with one attached hydrogen (secondary N) is 2. The Morgan fingerprint density at radius 2 is 2.35 bits per heavy atom. The number of benzene rings is 1. The van der Waals surface area contributed by atoms with Gasteiger partial charge in [-0.1, -0.05) is 12.1 Å². The number of hydroxylamine groups is 1. The van der Waals surface area contributed by atoms with Crippen molar-refractivity contribution in [2.24, 2.45) is 5.92 Å². The molecule has 0 aromatic heterocycles. The van der Waals surface area contributed by atoms with Crippen molar-refractivity contribution < 1.29 is 14.0 Å². The van der Waals surface area contributed by atoms with Crippen molar-refractivity contribution in [1.82, 2.24) is 10.8 Å². The summed E-state index contributed by atoms with van der Waals surface area (Å²) in [5, 5.41) is 3.20. The van der Waals surface area contributed by atoms with E-state index in [-0.39, 0.29) is 5.56 Å². The molecule has 2 N–H and O–H groups in total. The summed E-state index contributed by atoms with van der Waals surface area (Å²) in [6.45, 7) is 2.33. The van der Waals surface area contributed by atoms with Gasteiger partial charge in [-0.05, 0) is 31.0 Å². The van der Waals surface area contributed by atoms with Crippen molar-refractivity contribution in [3.05, 3.63) is 35.6 Å². The molecule has 1 unspecified atom stereocenters. The normalized spacial score (nSPS) is 19.2. The van der Waals surface area contributed by atoms with Gasteiger partial charge in [0.05, 0.1) is 12.2 Å². The molecule has 0 spiro atoms. The third-order valence-corrected chi connectivity index (χ3v) is 2.76. The molecule has 1 amide bonds. The van der Waals surface area contributed by atoms with E-state index in [4.69, 9.17) is 4.84 Å². The summed E-state index contributed by atoms with van der Waals surface area (Å²) in [6, 6.07) is 5.82. The van der Waals surface area contributed by atoms with Crippen LogP contribution in [0.5, 0.6) is 0 Å². The molecule has 1 heterocycles. The maximum absolute atomic E-state index is 13.2. The number of amides is 1. The highest BCUT2D eigenvalue weighted by Gasteiger charge is 2.16. The predicted molar refractivity (Wildman–Crippen MR) is 60.8 cm³/mol. The second-order valence-electron chi connectivity index (χ2n) is 4.08. The van der Waals surface area contributed by atoms with Crippen molar-refractivity contribution in [2.75, 3.05) is 19.7 Å². The fourth-order valence-electron chi connectivity index (χ4n) is 1.78. The highest BCUT2D eigenvalue weighted by Crippen LogP contribution is 2.08. The average Bonchev–Trinajstić information content (AvgIpc) is 2.82. The quantitative estimate of drug-likeness (QED) is 0.772. The molecule has 4 nitrogen and oxygen atoms in total. The van der Waals surface area contributed by atoms with Crippen LogP contribution in [0.3, 0.4) is 0 Å². The summed E-state index contributed by atoms with van der Waals surface area (Å²) in [4.78, 5) is 16.6. The minimum absolute atomic E-state index is 0.00273. The Morgan fingerprint density at radius 1 is 1.53 bits per heavy atom. The molecule has 1 atom stereocenters.